The van der Waals surface area contributed by atoms with Gasteiger partial charge in [-0.05, 0) is 24.3 Å². The fourth-order valence-electron chi connectivity index (χ4n) is 0.487. The molecule has 0 aliphatic carbocycles. The molecular formula is C11H12O2. The summed E-state index contributed by atoms with van der Waals surface area (Å²) >= 11 is 0. The molecule has 0 saturated heterocycles. The first-order valence-electron chi connectivity index (χ1n) is 4.04. The molecule has 0 fully saturated rings. The predicted octanol–water partition coefficient (Wildman–Crippen LogP) is 1.52. The first-order chi connectivity index (χ1) is 6.31. The summed E-state index contributed by atoms with van der Waals surface area (Å²) in [4.78, 5) is 10.5. The summed E-state index contributed by atoms with van der Waals surface area (Å²) in [5.41, 5.74) is 0. The predicted molar refractivity (Wildman–Crippen MR) is 51.6 cm³/mol. The largest absolute Gasteiger partial charge is 0.466 e. The lowest BCUT2D eigenvalue weighted by Crippen LogP contribution is -1.92. The van der Waals surface area contributed by atoms with Crippen molar-refractivity contribution in [3.8, 4) is 23.7 Å². The SMILES string of the molecule is CCCC#CC#C/C=C/C(=O)OC. The minimum atomic E-state index is -0.407. The van der Waals surface area contributed by atoms with Crippen molar-refractivity contribution in [2.45, 2.75) is 19.8 Å². The Kier molecular flexibility index (Phi) is 7.34. The maximum Gasteiger partial charge on any atom is 0.331 e. The zero-order chi connectivity index (χ0) is 9.94. The second-order valence-electron chi connectivity index (χ2n) is 2.18. The second-order valence-corrected chi connectivity index (χ2v) is 2.18. The van der Waals surface area contributed by atoms with Gasteiger partial charge in [0.2, 0.25) is 0 Å². The molecule has 0 aromatic heterocycles. The van der Waals surface area contributed by atoms with Gasteiger partial charge in [0.15, 0.2) is 0 Å². The number of hydrogen-bond acceptors (Lipinski definition) is 2. The van der Waals surface area contributed by atoms with Crippen molar-refractivity contribution in [1.29, 1.82) is 0 Å². The van der Waals surface area contributed by atoms with Crippen molar-refractivity contribution in [2.24, 2.45) is 0 Å². The van der Waals surface area contributed by atoms with E-state index in [9.17, 15) is 4.79 Å². The number of unbranched alkanes of at least 4 members (excludes halogenated alkanes) is 1. The Labute approximate surface area is 79.0 Å². The van der Waals surface area contributed by atoms with Crippen LogP contribution in [0.5, 0.6) is 0 Å². The number of carbonyl (C=O) groups is 1. The Morgan fingerprint density at radius 3 is 2.85 bits per heavy atom. The van der Waals surface area contributed by atoms with Crippen LogP contribution >= 0.6 is 0 Å². The fraction of sp³-hybridized carbons (Fsp3) is 0.364. The van der Waals surface area contributed by atoms with E-state index in [1.165, 1.54) is 19.3 Å². The first kappa shape index (κ1) is 11.3. The second kappa shape index (κ2) is 8.43. The molecule has 0 atom stereocenters. The molecule has 0 spiro atoms. The van der Waals surface area contributed by atoms with Gasteiger partial charge in [0.1, 0.15) is 0 Å². The standard InChI is InChI=1S/C11H12O2/c1-3-4-5-6-7-8-9-10-11(12)13-2/h9-10H,3-4H2,1-2H3/b10-9+. The average molecular weight is 176 g/mol. The highest BCUT2D eigenvalue weighted by molar-refractivity contribution is 5.82. The van der Waals surface area contributed by atoms with Crippen molar-refractivity contribution in [1.82, 2.24) is 0 Å². The lowest BCUT2D eigenvalue weighted by atomic mass is 10.3. The van der Waals surface area contributed by atoms with Crippen LogP contribution < -0.4 is 0 Å². The highest BCUT2D eigenvalue weighted by atomic mass is 16.5. The number of esters is 1. The van der Waals surface area contributed by atoms with E-state index in [0.717, 1.165) is 12.8 Å². The van der Waals surface area contributed by atoms with E-state index >= 15 is 0 Å². The molecule has 0 rings (SSSR count). The molecule has 0 aromatic rings. The van der Waals surface area contributed by atoms with Crippen molar-refractivity contribution in [3.63, 3.8) is 0 Å². The van der Waals surface area contributed by atoms with Crippen LogP contribution in [-0.4, -0.2) is 13.1 Å². The third kappa shape index (κ3) is 8.23. The third-order valence-corrected chi connectivity index (χ3v) is 1.10. The molecule has 2 nitrogen and oxygen atoms in total. The van der Waals surface area contributed by atoms with Gasteiger partial charge in [0.25, 0.3) is 0 Å². The fourth-order valence-corrected chi connectivity index (χ4v) is 0.487. The van der Waals surface area contributed by atoms with Gasteiger partial charge in [0.05, 0.1) is 7.11 Å². The summed E-state index contributed by atoms with van der Waals surface area (Å²) in [5.74, 6) is 10.3. The number of ether oxygens (including phenoxy) is 1. The van der Waals surface area contributed by atoms with E-state index in [1.807, 2.05) is 0 Å². The zero-order valence-corrected chi connectivity index (χ0v) is 7.89. The quantitative estimate of drug-likeness (QED) is 0.362. The van der Waals surface area contributed by atoms with Crippen LogP contribution in [0.4, 0.5) is 0 Å². The summed E-state index contributed by atoms with van der Waals surface area (Å²) in [6.45, 7) is 2.05. The number of rotatable bonds is 2. The summed E-state index contributed by atoms with van der Waals surface area (Å²) in [6.07, 6.45) is 4.57. The molecule has 68 valence electrons. The summed E-state index contributed by atoms with van der Waals surface area (Å²) < 4.78 is 4.37. The van der Waals surface area contributed by atoms with Gasteiger partial charge in [-0.3, -0.25) is 0 Å². The number of carbonyl (C=O) groups excluding carboxylic acids is 1. The molecule has 0 N–H and O–H groups in total. The maximum atomic E-state index is 10.5. The molecule has 0 heterocycles. The van der Waals surface area contributed by atoms with Crippen LogP contribution in [0, 0.1) is 23.7 Å². The van der Waals surface area contributed by atoms with Crippen molar-refractivity contribution in [3.05, 3.63) is 12.2 Å². The Morgan fingerprint density at radius 1 is 1.46 bits per heavy atom. The molecule has 0 radical (unpaired) electrons. The molecule has 0 aromatic carbocycles. The van der Waals surface area contributed by atoms with Crippen molar-refractivity contribution < 1.29 is 9.53 Å². The summed E-state index contributed by atoms with van der Waals surface area (Å²) in [6, 6.07) is 0. The number of methoxy groups -OCH3 is 1. The van der Waals surface area contributed by atoms with Gasteiger partial charge in [0, 0.05) is 12.5 Å². The van der Waals surface area contributed by atoms with Gasteiger partial charge in [-0.15, -0.1) is 0 Å². The highest BCUT2D eigenvalue weighted by Gasteiger charge is 1.85. The third-order valence-electron chi connectivity index (χ3n) is 1.10. The molecule has 0 bridgehead atoms. The van der Waals surface area contributed by atoms with Crippen LogP contribution in [0.25, 0.3) is 0 Å². The number of hydrogen-bond donors (Lipinski definition) is 0. The van der Waals surface area contributed by atoms with E-state index < -0.39 is 5.97 Å². The van der Waals surface area contributed by atoms with E-state index in [0.29, 0.717) is 0 Å². The lowest BCUT2D eigenvalue weighted by Gasteiger charge is -1.84. The highest BCUT2D eigenvalue weighted by Crippen LogP contribution is 1.80. The van der Waals surface area contributed by atoms with Crippen LogP contribution in [0.2, 0.25) is 0 Å². The Morgan fingerprint density at radius 2 is 2.23 bits per heavy atom. The Hall–Kier alpha value is -1.67. The van der Waals surface area contributed by atoms with Gasteiger partial charge >= 0.3 is 5.97 Å². The summed E-state index contributed by atoms with van der Waals surface area (Å²) in [5, 5.41) is 0. The first-order valence-corrected chi connectivity index (χ1v) is 4.04. The zero-order valence-electron chi connectivity index (χ0n) is 7.89. The monoisotopic (exact) mass is 176 g/mol. The molecule has 0 saturated carbocycles. The van der Waals surface area contributed by atoms with Crippen LogP contribution in [0.1, 0.15) is 19.8 Å². The Balaban J connectivity index is 3.81. The Bertz CT molecular complexity index is 292. The smallest absolute Gasteiger partial charge is 0.331 e. The molecule has 0 aliphatic heterocycles. The molecule has 2 heteroatoms. The maximum absolute atomic E-state index is 10.5. The van der Waals surface area contributed by atoms with E-state index in [2.05, 4.69) is 35.3 Å². The minimum absolute atomic E-state index is 0.407. The van der Waals surface area contributed by atoms with E-state index in [4.69, 9.17) is 0 Å². The molecule has 13 heavy (non-hydrogen) atoms. The normalized spacial score (nSPS) is 8.15. The van der Waals surface area contributed by atoms with E-state index in [1.54, 1.807) is 0 Å². The van der Waals surface area contributed by atoms with Gasteiger partial charge in [-0.25, -0.2) is 4.79 Å². The van der Waals surface area contributed by atoms with Crippen molar-refractivity contribution in [2.75, 3.05) is 7.11 Å². The lowest BCUT2D eigenvalue weighted by molar-refractivity contribution is -0.134. The summed E-state index contributed by atoms with van der Waals surface area (Å²) in [7, 11) is 1.32. The molecule has 0 unspecified atom stereocenters. The van der Waals surface area contributed by atoms with Gasteiger partial charge in [-0.1, -0.05) is 18.8 Å². The van der Waals surface area contributed by atoms with Crippen LogP contribution in [0.15, 0.2) is 12.2 Å². The minimum Gasteiger partial charge on any atom is -0.466 e. The average Bonchev–Trinajstić information content (AvgIpc) is 2.16. The van der Waals surface area contributed by atoms with Gasteiger partial charge < -0.3 is 4.74 Å². The van der Waals surface area contributed by atoms with E-state index in [-0.39, 0.29) is 0 Å². The molecular weight excluding hydrogens is 164 g/mol. The molecule has 0 aliphatic rings. The van der Waals surface area contributed by atoms with Gasteiger partial charge in [-0.2, -0.15) is 0 Å². The molecule has 0 amide bonds. The van der Waals surface area contributed by atoms with Crippen LogP contribution in [-0.2, 0) is 9.53 Å². The van der Waals surface area contributed by atoms with Crippen molar-refractivity contribution >= 4 is 5.97 Å². The van der Waals surface area contributed by atoms with Crippen LogP contribution in [0.3, 0.4) is 0 Å². The number of allylic oxidation sites excluding steroid dienone is 1. The topological polar surface area (TPSA) is 26.3 Å².